The molecule has 0 bridgehead atoms. The lowest BCUT2D eigenvalue weighted by atomic mass is 9.84. The molecular weight excluding hydrogens is 379 g/mol. The van der Waals surface area contributed by atoms with Crippen molar-refractivity contribution in [3.05, 3.63) is 82.6 Å². The van der Waals surface area contributed by atoms with Crippen LogP contribution >= 0.6 is 11.6 Å². The summed E-state index contributed by atoms with van der Waals surface area (Å²) in [5, 5.41) is 9.62. The molecule has 1 aliphatic carbocycles. The minimum atomic E-state index is -0.759. The number of hydrogen-bond acceptors (Lipinski definition) is 2. The van der Waals surface area contributed by atoms with Crippen LogP contribution in [-0.4, -0.2) is 11.1 Å². The highest BCUT2D eigenvalue weighted by molar-refractivity contribution is 6.30. The van der Waals surface area contributed by atoms with E-state index in [1.807, 2.05) is 42.5 Å². The van der Waals surface area contributed by atoms with E-state index in [2.05, 4.69) is 0 Å². The maximum absolute atomic E-state index is 13.8. The first-order valence-electron chi connectivity index (χ1n) is 9.07. The van der Waals surface area contributed by atoms with E-state index in [-0.39, 0.29) is 5.92 Å². The third kappa shape index (κ3) is 3.87. The molecule has 28 heavy (non-hydrogen) atoms. The van der Waals surface area contributed by atoms with Gasteiger partial charge in [0.2, 0.25) is 0 Å². The predicted octanol–water partition coefficient (Wildman–Crippen LogP) is 6.13. The third-order valence-corrected chi connectivity index (χ3v) is 5.26. The number of carboxylic acid groups (broad SMARTS) is 1. The molecule has 0 saturated carbocycles. The van der Waals surface area contributed by atoms with Gasteiger partial charge in [-0.3, -0.25) is 4.79 Å². The van der Waals surface area contributed by atoms with E-state index < -0.39 is 11.8 Å². The molecule has 5 heteroatoms. The van der Waals surface area contributed by atoms with Gasteiger partial charge in [-0.15, -0.1) is 0 Å². The lowest BCUT2D eigenvalue weighted by Gasteiger charge is -2.22. The van der Waals surface area contributed by atoms with Gasteiger partial charge in [0, 0.05) is 10.6 Å². The molecule has 3 aromatic rings. The van der Waals surface area contributed by atoms with Crippen LogP contribution in [0.15, 0.2) is 60.7 Å². The molecule has 1 N–H and O–H groups in total. The van der Waals surface area contributed by atoms with Crippen LogP contribution in [0.25, 0.3) is 11.1 Å². The molecule has 3 nitrogen and oxygen atoms in total. The number of halogens is 2. The van der Waals surface area contributed by atoms with Crippen LogP contribution in [0.5, 0.6) is 11.5 Å². The fourth-order valence-electron chi connectivity index (χ4n) is 3.64. The highest BCUT2D eigenvalue weighted by atomic mass is 35.5. The summed E-state index contributed by atoms with van der Waals surface area (Å²) in [4.78, 5) is 11.3. The Balaban J connectivity index is 1.66. The van der Waals surface area contributed by atoms with E-state index in [0.717, 1.165) is 23.1 Å². The standard InChI is InChI=1S/C23H18ClFO3/c24-18-10-17(11-19(25)13-18)21-3-1-2-4-22(21)28-20-8-7-14-5-6-15(23(26)27)9-16(14)12-20/h1-4,7-8,10-13,15H,5-6,9H2,(H,26,27). The Morgan fingerprint density at radius 2 is 1.89 bits per heavy atom. The highest BCUT2D eigenvalue weighted by Gasteiger charge is 2.24. The average Bonchev–Trinajstić information content (AvgIpc) is 2.67. The first kappa shape index (κ1) is 18.5. The van der Waals surface area contributed by atoms with Crippen molar-refractivity contribution in [1.29, 1.82) is 0 Å². The van der Waals surface area contributed by atoms with E-state index in [9.17, 15) is 14.3 Å². The van der Waals surface area contributed by atoms with Gasteiger partial charge in [-0.25, -0.2) is 4.39 Å². The van der Waals surface area contributed by atoms with Crippen molar-refractivity contribution in [3.63, 3.8) is 0 Å². The van der Waals surface area contributed by atoms with Crippen LogP contribution in [0.3, 0.4) is 0 Å². The molecule has 0 heterocycles. The molecule has 142 valence electrons. The molecule has 0 saturated heterocycles. The SMILES string of the molecule is O=C(O)C1CCc2ccc(Oc3ccccc3-c3cc(F)cc(Cl)c3)cc2C1. The van der Waals surface area contributed by atoms with Crippen molar-refractivity contribution < 1.29 is 19.0 Å². The number of carboxylic acids is 1. The number of fused-ring (bicyclic) bond motifs is 1. The minimum absolute atomic E-state index is 0.318. The summed E-state index contributed by atoms with van der Waals surface area (Å²) in [7, 11) is 0. The van der Waals surface area contributed by atoms with E-state index in [4.69, 9.17) is 16.3 Å². The molecule has 3 aromatic carbocycles. The number of carbonyl (C=O) groups is 1. The van der Waals surface area contributed by atoms with Crippen LogP contribution in [0.4, 0.5) is 4.39 Å². The van der Waals surface area contributed by atoms with E-state index in [1.54, 1.807) is 6.07 Å². The molecule has 1 atom stereocenters. The number of benzene rings is 3. The summed E-state index contributed by atoms with van der Waals surface area (Å²) in [5.41, 5.74) is 3.52. The quantitative estimate of drug-likeness (QED) is 0.577. The Labute approximate surface area is 167 Å². The van der Waals surface area contributed by atoms with Crippen LogP contribution in [0.2, 0.25) is 5.02 Å². The van der Waals surface area contributed by atoms with Crippen molar-refractivity contribution in [2.24, 2.45) is 5.92 Å². The van der Waals surface area contributed by atoms with Gasteiger partial charge in [-0.1, -0.05) is 35.9 Å². The zero-order valence-electron chi connectivity index (χ0n) is 15.0. The maximum Gasteiger partial charge on any atom is 0.306 e. The van der Waals surface area contributed by atoms with Crippen molar-refractivity contribution in [2.75, 3.05) is 0 Å². The van der Waals surface area contributed by atoms with Gasteiger partial charge in [0.15, 0.2) is 0 Å². The summed E-state index contributed by atoms with van der Waals surface area (Å²) in [6.45, 7) is 0. The molecule has 0 amide bonds. The summed E-state index contributed by atoms with van der Waals surface area (Å²) in [5.74, 6) is -0.324. The van der Waals surface area contributed by atoms with Gasteiger partial charge >= 0.3 is 5.97 Å². The predicted molar refractivity (Wildman–Crippen MR) is 107 cm³/mol. The van der Waals surface area contributed by atoms with E-state index in [0.29, 0.717) is 34.9 Å². The largest absolute Gasteiger partial charge is 0.481 e. The molecule has 0 aliphatic heterocycles. The number of ether oxygens (including phenoxy) is 1. The summed E-state index contributed by atoms with van der Waals surface area (Å²) in [6, 6.07) is 17.5. The normalized spacial score (nSPS) is 15.7. The van der Waals surface area contributed by atoms with Gasteiger partial charge in [0.05, 0.1) is 5.92 Å². The van der Waals surface area contributed by atoms with Gasteiger partial charge in [-0.05, 0) is 72.4 Å². The third-order valence-electron chi connectivity index (χ3n) is 5.04. The Morgan fingerprint density at radius 3 is 2.68 bits per heavy atom. The molecule has 4 rings (SSSR count). The Kier molecular flexibility index (Phi) is 5.05. The zero-order valence-corrected chi connectivity index (χ0v) is 15.7. The van der Waals surface area contributed by atoms with E-state index in [1.165, 1.54) is 12.1 Å². The maximum atomic E-state index is 13.8. The topological polar surface area (TPSA) is 46.5 Å². The van der Waals surface area contributed by atoms with Gasteiger partial charge in [0.1, 0.15) is 17.3 Å². The number of rotatable bonds is 4. The Hall–Kier alpha value is -2.85. The Bertz CT molecular complexity index is 1030. The van der Waals surface area contributed by atoms with Crippen LogP contribution < -0.4 is 4.74 Å². The second-order valence-corrected chi connectivity index (χ2v) is 7.40. The van der Waals surface area contributed by atoms with Gasteiger partial charge in [-0.2, -0.15) is 0 Å². The molecule has 1 aliphatic rings. The van der Waals surface area contributed by atoms with Gasteiger partial charge < -0.3 is 9.84 Å². The minimum Gasteiger partial charge on any atom is -0.481 e. The van der Waals surface area contributed by atoms with Crippen molar-refractivity contribution >= 4 is 17.6 Å². The molecule has 0 aromatic heterocycles. The monoisotopic (exact) mass is 396 g/mol. The molecule has 0 spiro atoms. The number of hydrogen-bond donors (Lipinski definition) is 1. The first-order chi connectivity index (χ1) is 13.5. The summed E-state index contributed by atoms with van der Waals surface area (Å²) in [6.07, 6.45) is 1.92. The van der Waals surface area contributed by atoms with Crippen LogP contribution in [0, 0.1) is 11.7 Å². The fraction of sp³-hybridized carbons (Fsp3) is 0.174. The number of aryl methyl sites for hydroxylation is 1. The van der Waals surface area contributed by atoms with Crippen molar-refractivity contribution in [2.45, 2.75) is 19.3 Å². The highest BCUT2D eigenvalue weighted by Crippen LogP contribution is 2.36. The summed E-state index contributed by atoms with van der Waals surface area (Å²) >= 11 is 6.00. The van der Waals surface area contributed by atoms with Crippen LogP contribution in [0.1, 0.15) is 17.5 Å². The fourth-order valence-corrected chi connectivity index (χ4v) is 3.86. The molecule has 0 fully saturated rings. The lowest BCUT2D eigenvalue weighted by Crippen LogP contribution is -2.22. The van der Waals surface area contributed by atoms with Crippen molar-refractivity contribution in [1.82, 2.24) is 0 Å². The van der Waals surface area contributed by atoms with E-state index >= 15 is 0 Å². The number of para-hydroxylation sites is 1. The van der Waals surface area contributed by atoms with Gasteiger partial charge in [0.25, 0.3) is 0 Å². The molecule has 1 unspecified atom stereocenters. The smallest absolute Gasteiger partial charge is 0.306 e. The zero-order chi connectivity index (χ0) is 19.7. The lowest BCUT2D eigenvalue weighted by molar-refractivity contribution is -0.142. The molecular formula is C23H18ClFO3. The van der Waals surface area contributed by atoms with Crippen molar-refractivity contribution in [3.8, 4) is 22.6 Å². The second kappa shape index (κ2) is 7.64. The molecule has 0 radical (unpaired) electrons. The summed E-state index contributed by atoms with van der Waals surface area (Å²) < 4.78 is 19.9. The second-order valence-electron chi connectivity index (χ2n) is 6.96. The number of aliphatic carboxylic acids is 1. The first-order valence-corrected chi connectivity index (χ1v) is 9.45. The average molecular weight is 397 g/mol. The van der Waals surface area contributed by atoms with Crippen LogP contribution in [-0.2, 0) is 17.6 Å². The Morgan fingerprint density at radius 1 is 1.07 bits per heavy atom.